The number of nitrogens with zero attached hydrogens (tertiary/aromatic N) is 4. The lowest BCUT2D eigenvalue weighted by atomic mass is 9.83. The highest BCUT2D eigenvalue weighted by atomic mass is 16.6. The summed E-state index contributed by atoms with van der Waals surface area (Å²) in [6, 6.07) is 27.1. The molecule has 1 N–H and O–H groups in total. The van der Waals surface area contributed by atoms with Crippen LogP contribution in [0.4, 0.5) is 4.79 Å². The van der Waals surface area contributed by atoms with Crippen molar-refractivity contribution in [1.82, 2.24) is 24.9 Å². The van der Waals surface area contributed by atoms with Gasteiger partial charge in [-0.25, -0.2) is 4.79 Å². The molecule has 0 radical (unpaired) electrons. The van der Waals surface area contributed by atoms with Crippen molar-refractivity contribution in [3.63, 3.8) is 0 Å². The fourth-order valence-electron chi connectivity index (χ4n) is 9.89. The van der Waals surface area contributed by atoms with E-state index in [9.17, 15) is 19.2 Å². The number of hydrogen-bond acceptors (Lipinski definition) is 6. The van der Waals surface area contributed by atoms with Crippen molar-refractivity contribution in [2.45, 2.75) is 107 Å². The molecule has 0 spiro atoms. The first-order valence-electron chi connectivity index (χ1n) is 20.7. The van der Waals surface area contributed by atoms with Gasteiger partial charge < -0.3 is 19.9 Å². The Kier molecular flexibility index (Phi) is 11.5. The van der Waals surface area contributed by atoms with E-state index in [2.05, 4.69) is 22.3 Å². The van der Waals surface area contributed by atoms with E-state index in [0.717, 1.165) is 49.0 Å². The Balaban J connectivity index is 1.06. The van der Waals surface area contributed by atoms with E-state index in [1.54, 1.807) is 9.80 Å². The molecule has 0 unspecified atom stereocenters. The molecular formula is C45H55N5O5. The second-order valence-electron chi connectivity index (χ2n) is 16.1. The third-order valence-electron chi connectivity index (χ3n) is 12.9. The van der Waals surface area contributed by atoms with Crippen LogP contribution < -0.4 is 5.32 Å². The summed E-state index contributed by atoms with van der Waals surface area (Å²) in [5.74, 6) is -0.950. The van der Waals surface area contributed by atoms with Crippen molar-refractivity contribution in [3.8, 4) is 0 Å². The van der Waals surface area contributed by atoms with Crippen molar-refractivity contribution in [3.05, 3.63) is 107 Å². The van der Waals surface area contributed by atoms with Gasteiger partial charge in [-0.05, 0) is 73.6 Å². The average molecular weight is 746 g/mol. The summed E-state index contributed by atoms with van der Waals surface area (Å²) in [6.45, 7) is 3.25. The van der Waals surface area contributed by atoms with Crippen LogP contribution in [0.25, 0.3) is 0 Å². The van der Waals surface area contributed by atoms with Crippen LogP contribution in [0.5, 0.6) is 0 Å². The van der Waals surface area contributed by atoms with Gasteiger partial charge in [0.25, 0.3) is 0 Å². The maximum absolute atomic E-state index is 14.7. The summed E-state index contributed by atoms with van der Waals surface area (Å²) in [7, 11) is 0. The van der Waals surface area contributed by atoms with Crippen LogP contribution in [0.1, 0.15) is 98.5 Å². The lowest BCUT2D eigenvalue weighted by Crippen LogP contribution is -2.72. The van der Waals surface area contributed by atoms with Gasteiger partial charge in [0.2, 0.25) is 17.7 Å². The minimum absolute atomic E-state index is 0.0111. The van der Waals surface area contributed by atoms with Crippen LogP contribution >= 0.6 is 0 Å². The third kappa shape index (κ3) is 8.02. The second-order valence-corrected chi connectivity index (χ2v) is 16.1. The Morgan fingerprint density at radius 1 is 0.800 bits per heavy atom. The van der Waals surface area contributed by atoms with E-state index in [1.807, 2.05) is 77.7 Å². The fourth-order valence-corrected chi connectivity index (χ4v) is 9.89. The molecule has 4 amide bonds. The molecule has 1 saturated carbocycles. The first kappa shape index (κ1) is 37.2. The van der Waals surface area contributed by atoms with Crippen LogP contribution in [-0.2, 0) is 32.0 Å². The summed E-state index contributed by atoms with van der Waals surface area (Å²) in [5, 5.41) is 3.33. The number of ether oxygens (including phenoxy) is 1. The SMILES string of the molecule is O=C(N[C@@H]1CCCc2ccccc21)[C@H](CCC(=O)N1CCN(C2CCCCC2)CC1)N1C(=O)[C@@H](CCc2ccccc2)[C@H]1N1C(=O)OC[C@@H]1c1ccccc1. The van der Waals surface area contributed by atoms with E-state index in [1.165, 1.54) is 37.7 Å². The van der Waals surface area contributed by atoms with Crippen molar-refractivity contribution < 1.29 is 23.9 Å². The topological polar surface area (TPSA) is 103 Å². The standard InChI is InChI=1S/C45H55N5O5/c51-41(48-29-27-47(28-30-48)35-19-8-3-9-20-35)26-25-39(42(52)46-38-22-12-18-33-15-10-11-21-36(33)38)49-43(37(44(49)53)24-23-32-13-4-1-5-14-32)50-40(31-55-45(50)54)34-16-6-2-7-17-34/h1-2,4-7,10-11,13-17,21,35,37-40,43H,3,8-9,12,18-20,22-31H2,(H,46,52)/t37-,38+,39-,40+,43+/m0/s1. The van der Waals surface area contributed by atoms with Gasteiger partial charge in [-0.3, -0.25) is 24.2 Å². The molecule has 4 fully saturated rings. The zero-order valence-corrected chi connectivity index (χ0v) is 31.9. The monoisotopic (exact) mass is 745 g/mol. The number of carbonyl (C=O) groups excluding carboxylic acids is 4. The zero-order chi connectivity index (χ0) is 37.7. The highest BCUT2D eigenvalue weighted by Crippen LogP contribution is 2.43. The number of rotatable bonds is 12. The van der Waals surface area contributed by atoms with Gasteiger partial charge in [-0.15, -0.1) is 0 Å². The lowest BCUT2D eigenvalue weighted by molar-refractivity contribution is -0.179. The number of carbonyl (C=O) groups is 4. The van der Waals surface area contributed by atoms with Crippen molar-refractivity contribution in [1.29, 1.82) is 0 Å². The predicted octanol–water partition coefficient (Wildman–Crippen LogP) is 6.42. The number of β-lactam (4-membered cyclic amide) rings is 1. The quantitative estimate of drug-likeness (QED) is 0.215. The van der Waals surface area contributed by atoms with Crippen LogP contribution in [-0.4, -0.2) is 94.4 Å². The summed E-state index contributed by atoms with van der Waals surface area (Å²) in [4.78, 5) is 64.7. The first-order chi connectivity index (χ1) is 27.0. The molecule has 8 rings (SSSR count). The van der Waals surface area contributed by atoms with Crippen LogP contribution in [0.15, 0.2) is 84.9 Å². The Morgan fingerprint density at radius 3 is 2.27 bits per heavy atom. The third-order valence-corrected chi connectivity index (χ3v) is 12.9. The van der Waals surface area contributed by atoms with Crippen molar-refractivity contribution in [2.24, 2.45) is 5.92 Å². The summed E-state index contributed by atoms with van der Waals surface area (Å²) in [5.41, 5.74) is 4.35. The van der Waals surface area contributed by atoms with E-state index in [-0.39, 0.29) is 43.2 Å². The summed E-state index contributed by atoms with van der Waals surface area (Å²) < 4.78 is 5.70. The Morgan fingerprint density at radius 2 is 1.51 bits per heavy atom. The van der Waals surface area contributed by atoms with Crippen molar-refractivity contribution >= 4 is 23.8 Å². The van der Waals surface area contributed by atoms with E-state index in [4.69, 9.17) is 4.74 Å². The summed E-state index contributed by atoms with van der Waals surface area (Å²) in [6.07, 6.45) is 9.36. The molecule has 10 nitrogen and oxygen atoms in total. The maximum atomic E-state index is 14.7. The van der Waals surface area contributed by atoms with Gasteiger partial charge in [-0.1, -0.05) is 104 Å². The number of fused-ring (bicyclic) bond motifs is 1. The fraction of sp³-hybridized carbons (Fsp3) is 0.511. The maximum Gasteiger partial charge on any atom is 0.412 e. The number of nitrogens with one attached hydrogen (secondary N) is 1. The molecule has 3 aliphatic heterocycles. The first-order valence-corrected chi connectivity index (χ1v) is 20.7. The van der Waals surface area contributed by atoms with Gasteiger partial charge in [0.15, 0.2) is 0 Å². The highest BCUT2D eigenvalue weighted by Gasteiger charge is 2.58. The molecule has 290 valence electrons. The van der Waals surface area contributed by atoms with Gasteiger partial charge in [0.05, 0.1) is 18.0 Å². The molecule has 5 aliphatic rings. The predicted molar refractivity (Wildman–Crippen MR) is 210 cm³/mol. The summed E-state index contributed by atoms with van der Waals surface area (Å²) >= 11 is 0. The molecule has 0 bridgehead atoms. The molecule has 55 heavy (non-hydrogen) atoms. The molecular weight excluding hydrogens is 691 g/mol. The zero-order valence-electron chi connectivity index (χ0n) is 31.9. The molecule has 2 aliphatic carbocycles. The van der Waals surface area contributed by atoms with Crippen molar-refractivity contribution in [2.75, 3.05) is 32.8 Å². The average Bonchev–Trinajstić information content (AvgIpc) is 3.61. The minimum atomic E-state index is -0.933. The Hall–Kier alpha value is -4.70. The molecule has 3 heterocycles. The largest absolute Gasteiger partial charge is 0.447 e. The van der Waals surface area contributed by atoms with Crippen LogP contribution in [0, 0.1) is 5.92 Å². The molecule has 0 aromatic heterocycles. The Labute approximate surface area is 325 Å². The number of cyclic esters (lactones) is 1. The van der Waals surface area contributed by atoms with Gasteiger partial charge in [-0.2, -0.15) is 0 Å². The van der Waals surface area contributed by atoms with E-state index in [0.29, 0.717) is 32.0 Å². The Bertz CT molecular complexity index is 1810. The molecule has 3 aromatic rings. The number of aryl methyl sites for hydroxylation is 2. The molecule has 10 heteroatoms. The minimum Gasteiger partial charge on any atom is -0.447 e. The number of likely N-dealkylation sites (tertiary alicyclic amines) is 1. The van der Waals surface area contributed by atoms with Crippen LogP contribution in [0.2, 0.25) is 0 Å². The lowest BCUT2D eigenvalue weighted by Gasteiger charge is -2.54. The second kappa shape index (κ2) is 17.0. The van der Waals surface area contributed by atoms with Crippen LogP contribution in [0.3, 0.4) is 0 Å². The number of piperazine rings is 1. The van der Waals surface area contributed by atoms with Gasteiger partial charge >= 0.3 is 6.09 Å². The van der Waals surface area contributed by atoms with E-state index >= 15 is 0 Å². The highest BCUT2D eigenvalue weighted by molar-refractivity contribution is 5.94. The van der Waals surface area contributed by atoms with E-state index < -0.39 is 30.3 Å². The molecule has 3 aromatic carbocycles. The van der Waals surface area contributed by atoms with Gasteiger partial charge in [0, 0.05) is 38.6 Å². The normalized spacial score (nSPS) is 25.2. The smallest absolute Gasteiger partial charge is 0.412 e. The number of amides is 4. The number of hydrogen-bond donors (Lipinski definition) is 1. The molecule has 3 saturated heterocycles. The molecule has 5 atom stereocenters. The number of benzene rings is 3. The van der Waals surface area contributed by atoms with Gasteiger partial charge in [0.1, 0.15) is 18.8 Å².